The molecule has 0 spiro atoms. The number of oxazole rings is 1. The molecular weight excluding hydrogens is 420 g/mol. The van der Waals surface area contributed by atoms with E-state index < -0.39 is 10.0 Å². The minimum absolute atomic E-state index is 0.0332. The summed E-state index contributed by atoms with van der Waals surface area (Å²) in [5.74, 6) is 0.595. The van der Waals surface area contributed by atoms with Gasteiger partial charge in [0.25, 0.3) is 5.89 Å². The third-order valence-electron chi connectivity index (χ3n) is 5.05. The van der Waals surface area contributed by atoms with Gasteiger partial charge in [-0.3, -0.25) is 0 Å². The highest BCUT2D eigenvalue weighted by molar-refractivity contribution is 7.89. The number of aryl methyl sites for hydroxylation is 1. The second-order valence-corrected chi connectivity index (χ2v) is 9.04. The van der Waals surface area contributed by atoms with E-state index in [1.807, 2.05) is 43.3 Å². The maximum Gasteiger partial charge on any atom is 0.266 e. The van der Waals surface area contributed by atoms with Crippen LogP contribution in [0.3, 0.4) is 0 Å². The second kappa shape index (κ2) is 8.55. The molecule has 1 fully saturated rings. The molecule has 3 heterocycles. The number of sulfonamides is 1. The number of hydrogen-bond acceptors (Lipinski definition) is 8. The van der Waals surface area contributed by atoms with Crippen molar-refractivity contribution >= 4 is 15.9 Å². The molecule has 3 aromatic rings. The van der Waals surface area contributed by atoms with Gasteiger partial charge in [-0.15, -0.1) is 0 Å². The van der Waals surface area contributed by atoms with Crippen LogP contribution in [0.2, 0.25) is 0 Å². The molecule has 2 aromatic heterocycles. The molecule has 1 aliphatic heterocycles. The highest BCUT2D eigenvalue weighted by atomic mass is 32.2. The molecule has 1 aliphatic rings. The summed E-state index contributed by atoms with van der Waals surface area (Å²) in [5.41, 5.74) is 1.07. The van der Waals surface area contributed by atoms with Crippen LogP contribution in [-0.4, -0.2) is 44.0 Å². The second-order valence-electron chi connectivity index (χ2n) is 7.13. The average Bonchev–Trinajstić information content (AvgIpc) is 3.38. The van der Waals surface area contributed by atoms with Crippen molar-refractivity contribution in [1.29, 1.82) is 5.26 Å². The van der Waals surface area contributed by atoms with Crippen molar-refractivity contribution in [3.8, 4) is 17.7 Å². The van der Waals surface area contributed by atoms with Gasteiger partial charge >= 0.3 is 0 Å². The number of hydrogen-bond donors (Lipinski definition) is 1. The molecule has 4 rings (SSSR count). The van der Waals surface area contributed by atoms with Crippen molar-refractivity contribution in [2.24, 2.45) is 0 Å². The molecule has 0 aliphatic carbocycles. The Labute approximate surface area is 180 Å². The van der Waals surface area contributed by atoms with Gasteiger partial charge in [0.05, 0.1) is 19.3 Å². The van der Waals surface area contributed by atoms with Crippen molar-refractivity contribution in [3.63, 3.8) is 0 Å². The summed E-state index contributed by atoms with van der Waals surface area (Å²) in [6, 6.07) is 12.9. The van der Waals surface area contributed by atoms with Crippen LogP contribution < -0.4 is 5.32 Å². The molecule has 0 amide bonds. The Balaban J connectivity index is 1.62. The van der Waals surface area contributed by atoms with E-state index in [1.165, 1.54) is 10.4 Å². The van der Waals surface area contributed by atoms with Crippen LogP contribution in [0.15, 0.2) is 50.1 Å². The molecule has 9 nitrogen and oxygen atoms in total. The lowest BCUT2D eigenvalue weighted by molar-refractivity contribution is 0.0730. The molecule has 0 bridgehead atoms. The minimum atomic E-state index is -3.73. The Kier molecular flexibility index (Phi) is 5.82. The molecule has 10 heteroatoms. The van der Waals surface area contributed by atoms with E-state index in [2.05, 4.69) is 10.3 Å². The number of benzene rings is 1. The van der Waals surface area contributed by atoms with E-state index in [9.17, 15) is 13.7 Å². The topological polar surface area (TPSA) is 122 Å². The molecule has 0 unspecified atom stereocenters. The van der Waals surface area contributed by atoms with Crippen molar-refractivity contribution in [1.82, 2.24) is 9.29 Å². The predicted octanol–water partition coefficient (Wildman–Crippen LogP) is 3.31. The van der Waals surface area contributed by atoms with Gasteiger partial charge in [-0.05, 0) is 19.4 Å². The number of nitrogens with one attached hydrogen (secondary N) is 1. The number of aromatic nitrogens is 1. The van der Waals surface area contributed by atoms with Crippen LogP contribution in [-0.2, 0) is 14.8 Å². The van der Waals surface area contributed by atoms with Gasteiger partial charge in [0.2, 0.25) is 21.6 Å². The Morgan fingerprint density at radius 1 is 1.19 bits per heavy atom. The number of furan rings is 1. The number of anilines is 1. The Bertz CT molecular complexity index is 1200. The maximum absolute atomic E-state index is 13.0. The van der Waals surface area contributed by atoms with Gasteiger partial charge in [-0.1, -0.05) is 30.3 Å². The van der Waals surface area contributed by atoms with Crippen molar-refractivity contribution in [2.45, 2.75) is 24.8 Å². The van der Waals surface area contributed by atoms with E-state index in [1.54, 1.807) is 6.92 Å². The van der Waals surface area contributed by atoms with Gasteiger partial charge in [0, 0.05) is 19.2 Å². The summed E-state index contributed by atoms with van der Waals surface area (Å²) < 4.78 is 43.9. The Hall–Kier alpha value is -3.13. The quantitative estimate of drug-likeness (QED) is 0.617. The van der Waals surface area contributed by atoms with E-state index in [0.29, 0.717) is 13.2 Å². The largest absolute Gasteiger partial charge is 0.455 e. The summed E-state index contributed by atoms with van der Waals surface area (Å²) >= 11 is 0. The molecule has 1 atom stereocenters. The number of ether oxygens (including phenoxy) is 1. The minimum Gasteiger partial charge on any atom is -0.455 e. The fourth-order valence-electron chi connectivity index (χ4n) is 3.37. The van der Waals surface area contributed by atoms with Crippen molar-refractivity contribution in [3.05, 3.63) is 53.4 Å². The molecule has 0 saturated carbocycles. The summed E-state index contributed by atoms with van der Waals surface area (Å²) in [4.78, 5) is 4.23. The van der Waals surface area contributed by atoms with Crippen LogP contribution in [0, 0.1) is 18.3 Å². The van der Waals surface area contributed by atoms with Crippen molar-refractivity contribution < 1.29 is 22.0 Å². The Morgan fingerprint density at radius 3 is 2.58 bits per heavy atom. The third-order valence-corrected chi connectivity index (χ3v) is 7.06. The first-order valence-corrected chi connectivity index (χ1v) is 11.2. The zero-order valence-electron chi connectivity index (χ0n) is 17.2. The van der Waals surface area contributed by atoms with Crippen LogP contribution in [0.25, 0.3) is 11.7 Å². The monoisotopic (exact) mass is 442 g/mol. The SMILES string of the molecule is Cc1oc(-c2nc(C#N)c(N[C@H](C)c3ccccc3)o2)cc1S(=O)(=O)N1CCOCC1. The maximum atomic E-state index is 13.0. The summed E-state index contributed by atoms with van der Waals surface area (Å²) in [5, 5.41) is 12.6. The zero-order chi connectivity index (χ0) is 22.0. The summed E-state index contributed by atoms with van der Waals surface area (Å²) in [7, 11) is -3.73. The Morgan fingerprint density at radius 2 is 1.90 bits per heavy atom. The first-order valence-electron chi connectivity index (χ1n) is 9.81. The predicted molar refractivity (Wildman–Crippen MR) is 112 cm³/mol. The van der Waals surface area contributed by atoms with E-state index in [-0.39, 0.29) is 53.0 Å². The highest BCUT2D eigenvalue weighted by Gasteiger charge is 2.31. The number of morpholine rings is 1. The molecule has 0 radical (unpaired) electrons. The fourth-order valence-corrected chi connectivity index (χ4v) is 4.94. The lowest BCUT2D eigenvalue weighted by Crippen LogP contribution is -2.40. The molecule has 1 N–H and O–H groups in total. The number of rotatable bonds is 6. The highest BCUT2D eigenvalue weighted by Crippen LogP contribution is 2.33. The standard InChI is InChI=1S/C21H22N4O5S/c1-14(16-6-4-3-5-7-16)23-20-17(13-22)24-21(30-20)18-12-19(15(2)29-18)31(26,27)25-8-10-28-11-9-25/h3-7,12,14,23H,8-11H2,1-2H3/t14-/m1/s1. The first-order chi connectivity index (χ1) is 14.9. The molecule has 1 aromatic carbocycles. The van der Waals surface area contributed by atoms with Gasteiger partial charge in [-0.25, -0.2) is 8.42 Å². The summed E-state index contributed by atoms with van der Waals surface area (Å²) in [6.45, 7) is 4.77. The number of nitrogens with zero attached hydrogens (tertiary/aromatic N) is 3. The fraction of sp³-hybridized carbons (Fsp3) is 0.333. The normalized spacial score (nSPS) is 16.0. The van der Waals surface area contributed by atoms with Crippen LogP contribution in [0.1, 0.15) is 30.0 Å². The lowest BCUT2D eigenvalue weighted by atomic mass is 10.1. The molecule has 31 heavy (non-hydrogen) atoms. The average molecular weight is 442 g/mol. The van der Waals surface area contributed by atoms with Gasteiger partial charge in [0.1, 0.15) is 16.7 Å². The molecule has 1 saturated heterocycles. The summed E-state index contributed by atoms with van der Waals surface area (Å²) in [6.07, 6.45) is 0. The van der Waals surface area contributed by atoms with Gasteiger partial charge in [-0.2, -0.15) is 14.6 Å². The van der Waals surface area contributed by atoms with Crippen LogP contribution in [0.5, 0.6) is 0 Å². The first kappa shape index (κ1) is 21.1. The van der Waals surface area contributed by atoms with Crippen LogP contribution >= 0.6 is 0 Å². The van der Waals surface area contributed by atoms with Crippen molar-refractivity contribution in [2.75, 3.05) is 31.6 Å². The van der Waals surface area contributed by atoms with E-state index in [0.717, 1.165) is 5.56 Å². The van der Waals surface area contributed by atoms with E-state index in [4.69, 9.17) is 13.6 Å². The molecule has 162 valence electrons. The smallest absolute Gasteiger partial charge is 0.266 e. The van der Waals surface area contributed by atoms with Gasteiger partial charge < -0.3 is 18.9 Å². The zero-order valence-corrected chi connectivity index (χ0v) is 18.0. The molecular formula is C21H22N4O5S. The lowest BCUT2D eigenvalue weighted by Gasteiger charge is -2.25. The van der Waals surface area contributed by atoms with Gasteiger partial charge in [0.15, 0.2) is 5.76 Å². The van der Waals surface area contributed by atoms with E-state index >= 15 is 0 Å². The third kappa shape index (κ3) is 4.20. The number of nitriles is 1. The van der Waals surface area contributed by atoms with Crippen LogP contribution in [0.4, 0.5) is 5.88 Å².